The molecule has 0 saturated carbocycles. The van der Waals surface area contributed by atoms with Gasteiger partial charge in [-0.15, -0.1) is 0 Å². The van der Waals surface area contributed by atoms with Crippen LogP contribution in [0.4, 0.5) is 0 Å². The van der Waals surface area contributed by atoms with Crippen molar-refractivity contribution in [1.29, 1.82) is 0 Å². The first-order valence-electron chi connectivity index (χ1n) is 4.59. The molecular weight excluding hydrogens is 227 g/mol. The molecule has 14 heavy (non-hydrogen) atoms. The van der Waals surface area contributed by atoms with Gasteiger partial charge in [0.05, 0.1) is 13.2 Å². The molecule has 0 amide bonds. The molecule has 0 aromatic rings. The molecule has 7 heteroatoms. The summed E-state index contributed by atoms with van der Waals surface area (Å²) in [5.41, 5.74) is 0. The Morgan fingerprint density at radius 1 is 1.14 bits per heavy atom. The van der Waals surface area contributed by atoms with E-state index in [1.807, 2.05) is 6.92 Å². The monoisotopic (exact) mass is 246 g/mol. The van der Waals surface area contributed by atoms with Crippen LogP contribution in [-0.4, -0.2) is 28.8 Å². The number of rotatable bonds is 7. The van der Waals surface area contributed by atoms with Gasteiger partial charge in [-0.25, -0.2) is 4.57 Å². The SMILES string of the molecule is CCCS(OCC)(OCC)P(=O)(O)O. The van der Waals surface area contributed by atoms with Crippen LogP contribution in [0.3, 0.4) is 0 Å². The molecule has 0 bridgehead atoms. The van der Waals surface area contributed by atoms with E-state index in [1.54, 1.807) is 13.8 Å². The zero-order valence-corrected chi connectivity index (χ0v) is 10.5. The summed E-state index contributed by atoms with van der Waals surface area (Å²) in [6, 6.07) is 0. The van der Waals surface area contributed by atoms with Crippen LogP contribution in [0.25, 0.3) is 0 Å². The molecule has 0 rings (SSSR count). The molecule has 0 heterocycles. The molecule has 0 saturated heterocycles. The zero-order chi connectivity index (χ0) is 11.2. The molecule has 5 nitrogen and oxygen atoms in total. The first kappa shape index (κ1) is 14.4. The van der Waals surface area contributed by atoms with Gasteiger partial charge >= 0.3 is 6.80 Å². The summed E-state index contributed by atoms with van der Waals surface area (Å²) in [6.45, 7) is 1.43. The topological polar surface area (TPSA) is 76.0 Å². The Morgan fingerprint density at radius 3 is 1.79 bits per heavy atom. The van der Waals surface area contributed by atoms with Gasteiger partial charge in [0.25, 0.3) is 0 Å². The highest BCUT2D eigenvalue weighted by molar-refractivity contribution is 8.71. The lowest BCUT2D eigenvalue weighted by atomic mass is 10.6. The van der Waals surface area contributed by atoms with E-state index < -0.39 is 17.0 Å². The van der Waals surface area contributed by atoms with Crippen molar-refractivity contribution in [3.8, 4) is 0 Å². The number of hydrogen-bond donors (Lipinski definition) is 2. The van der Waals surface area contributed by atoms with Crippen molar-refractivity contribution in [2.24, 2.45) is 0 Å². The fourth-order valence-corrected chi connectivity index (χ4v) is 5.82. The molecule has 0 aliphatic carbocycles. The van der Waals surface area contributed by atoms with Crippen molar-refractivity contribution in [3.63, 3.8) is 0 Å². The summed E-state index contributed by atoms with van der Waals surface area (Å²) in [4.78, 5) is 18.4. The van der Waals surface area contributed by atoms with Crippen molar-refractivity contribution >= 4 is 17.0 Å². The first-order valence-corrected chi connectivity index (χ1v) is 8.46. The van der Waals surface area contributed by atoms with E-state index in [9.17, 15) is 14.4 Å². The second kappa shape index (κ2) is 6.10. The third kappa shape index (κ3) is 3.53. The normalized spacial score (nSPS) is 14.4. The van der Waals surface area contributed by atoms with E-state index in [4.69, 9.17) is 8.37 Å². The Kier molecular flexibility index (Phi) is 6.28. The van der Waals surface area contributed by atoms with E-state index >= 15 is 0 Å². The van der Waals surface area contributed by atoms with Crippen LogP contribution >= 0.6 is 17.0 Å². The van der Waals surface area contributed by atoms with Crippen molar-refractivity contribution < 1.29 is 22.7 Å². The maximum absolute atomic E-state index is 11.3. The third-order valence-electron chi connectivity index (χ3n) is 1.43. The Balaban J connectivity index is 4.83. The zero-order valence-electron chi connectivity index (χ0n) is 8.80. The molecule has 0 aromatic heterocycles. The molecule has 0 fully saturated rings. The molecule has 0 radical (unpaired) electrons. The lowest BCUT2D eigenvalue weighted by molar-refractivity contribution is 0.273. The van der Waals surface area contributed by atoms with Gasteiger partial charge in [0, 0.05) is 5.75 Å². The largest absolute Gasteiger partial charge is 0.440 e. The number of hydrogen-bond acceptors (Lipinski definition) is 3. The molecule has 0 atom stereocenters. The van der Waals surface area contributed by atoms with Gasteiger partial charge < -0.3 is 9.79 Å². The van der Waals surface area contributed by atoms with Crippen molar-refractivity contribution in [3.05, 3.63) is 0 Å². The van der Waals surface area contributed by atoms with E-state index in [1.165, 1.54) is 0 Å². The molecule has 0 aromatic carbocycles. The highest BCUT2D eigenvalue weighted by Gasteiger charge is 2.39. The maximum atomic E-state index is 11.3. The fraction of sp³-hybridized carbons (Fsp3) is 1.00. The molecule has 0 unspecified atom stereocenters. The van der Waals surface area contributed by atoms with Crippen molar-refractivity contribution in [1.82, 2.24) is 0 Å². The standard InChI is InChI=1S/C7H19O5PS/c1-4-7-14(11-5-2,12-6-3)13(8,9)10/h4-7H2,1-3H3,(H2,8,9,10). The van der Waals surface area contributed by atoms with Gasteiger partial charge in [0.2, 0.25) is 0 Å². The molecule has 0 aliphatic rings. The van der Waals surface area contributed by atoms with Crippen LogP contribution < -0.4 is 0 Å². The second-order valence-corrected chi connectivity index (χ2v) is 8.71. The summed E-state index contributed by atoms with van der Waals surface area (Å²) >= 11 is 0. The third-order valence-corrected chi connectivity index (χ3v) is 7.64. The predicted octanol–water partition coefficient (Wildman–Crippen LogP) is 2.20. The summed E-state index contributed by atoms with van der Waals surface area (Å²) in [5, 5.41) is 0. The Bertz CT molecular complexity index is 187. The van der Waals surface area contributed by atoms with Crippen LogP contribution in [0.5, 0.6) is 0 Å². The van der Waals surface area contributed by atoms with Gasteiger partial charge in [-0.1, -0.05) is 17.1 Å². The van der Waals surface area contributed by atoms with Crippen molar-refractivity contribution in [2.75, 3.05) is 19.0 Å². The van der Waals surface area contributed by atoms with E-state index in [-0.39, 0.29) is 19.0 Å². The van der Waals surface area contributed by atoms with Crippen molar-refractivity contribution in [2.45, 2.75) is 27.2 Å². The van der Waals surface area contributed by atoms with Crippen LogP contribution in [0.2, 0.25) is 0 Å². The molecule has 88 valence electrons. The molecule has 0 spiro atoms. The fourth-order valence-electron chi connectivity index (χ4n) is 1.03. The lowest BCUT2D eigenvalue weighted by Crippen LogP contribution is -2.13. The van der Waals surface area contributed by atoms with Gasteiger partial charge in [-0.05, 0) is 20.3 Å². The first-order chi connectivity index (χ1) is 6.43. The van der Waals surface area contributed by atoms with Gasteiger partial charge in [0.15, 0.2) is 0 Å². The van der Waals surface area contributed by atoms with Crippen LogP contribution in [0.1, 0.15) is 27.2 Å². The van der Waals surface area contributed by atoms with E-state index in [2.05, 4.69) is 0 Å². The summed E-state index contributed by atoms with van der Waals surface area (Å²) < 4.78 is 21.7. The van der Waals surface area contributed by atoms with Crippen LogP contribution in [-0.2, 0) is 12.9 Å². The lowest BCUT2D eigenvalue weighted by Gasteiger charge is -2.41. The quantitative estimate of drug-likeness (QED) is 0.673. The summed E-state index contributed by atoms with van der Waals surface area (Å²) in [6.07, 6.45) is 0.625. The minimum Gasteiger partial charge on any atom is -0.309 e. The molecule has 0 aliphatic heterocycles. The molecular formula is C7H19O5PS. The minimum atomic E-state index is -4.32. The van der Waals surface area contributed by atoms with Gasteiger partial charge in [-0.3, -0.25) is 8.37 Å². The Morgan fingerprint density at radius 2 is 1.57 bits per heavy atom. The van der Waals surface area contributed by atoms with Gasteiger partial charge in [-0.2, -0.15) is 0 Å². The van der Waals surface area contributed by atoms with Crippen LogP contribution in [0, 0.1) is 0 Å². The summed E-state index contributed by atoms with van der Waals surface area (Å²) in [5.74, 6) is 0.277. The maximum Gasteiger partial charge on any atom is 0.440 e. The average Bonchev–Trinajstić information content (AvgIpc) is 2.03. The van der Waals surface area contributed by atoms with Crippen LogP contribution in [0.15, 0.2) is 0 Å². The van der Waals surface area contributed by atoms with E-state index in [0.29, 0.717) is 6.42 Å². The highest BCUT2D eigenvalue weighted by Crippen LogP contribution is 2.78. The smallest absolute Gasteiger partial charge is 0.309 e. The molecule has 2 N–H and O–H groups in total. The Labute approximate surface area is 86.4 Å². The van der Waals surface area contributed by atoms with Gasteiger partial charge in [0.1, 0.15) is 0 Å². The predicted molar refractivity (Wildman–Crippen MR) is 58.0 cm³/mol. The highest BCUT2D eigenvalue weighted by atomic mass is 32.8. The Hall–Kier alpha value is 0.420. The van der Waals surface area contributed by atoms with E-state index in [0.717, 1.165) is 0 Å². The second-order valence-electron chi connectivity index (χ2n) is 2.59. The average molecular weight is 246 g/mol. The minimum absolute atomic E-state index is 0.250. The summed E-state index contributed by atoms with van der Waals surface area (Å²) in [7, 11) is -2.70.